The molecule has 0 spiro atoms. The van der Waals surface area contributed by atoms with E-state index in [2.05, 4.69) is 35.0 Å². The number of fused-ring (bicyclic) bond motifs is 1. The van der Waals surface area contributed by atoms with Crippen LogP contribution in [0.2, 0.25) is 0 Å². The second-order valence-electron chi connectivity index (χ2n) is 3.30. The van der Waals surface area contributed by atoms with Gasteiger partial charge >= 0.3 is 0 Å². The molecule has 0 aliphatic heterocycles. The first-order valence-corrected chi connectivity index (χ1v) is 5.41. The third kappa shape index (κ3) is 1.50. The standard InChI is InChI=1S/C12H11BrO/c1-2-8-3-4-9-10(7-8)11(13)5-6-12(9)14/h3-7,14H,2H2,1H3. The molecule has 2 aromatic rings. The van der Waals surface area contributed by atoms with Gasteiger partial charge in [-0.2, -0.15) is 0 Å². The quantitative estimate of drug-likeness (QED) is 0.815. The van der Waals surface area contributed by atoms with Crippen LogP contribution in [0.4, 0.5) is 0 Å². The Morgan fingerprint density at radius 3 is 2.64 bits per heavy atom. The second kappa shape index (κ2) is 3.62. The molecular weight excluding hydrogens is 240 g/mol. The summed E-state index contributed by atoms with van der Waals surface area (Å²) in [7, 11) is 0. The second-order valence-corrected chi connectivity index (χ2v) is 4.15. The van der Waals surface area contributed by atoms with Crippen LogP contribution < -0.4 is 0 Å². The van der Waals surface area contributed by atoms with Gasteiger partial charge in [0.1, 0.15) is 5.75 Å². The summed E-state index contributed by atoms with van der Waals surface area (Å²) in [6.07, 6.45) is 1.01. The van der Waals surface area contributed by atoms with E-state index in [-0.39, 0.29) is 0 Å². The fraction of sp³-hybridized carbons (Fsp3) is 0.167. The molecule has 0 aliphatic carbocycles. The molecule has 1 nitrogen and oxygen atoms in total. The first-order chi connectivity index (χ1) is 6.72. The van der Waals surface area contributed by atoms with Gasteiger partial charge in [0, 0.05) is 9.86 Å². The fourth-order valence-electron chi connectivity index (χ4n) is 1.56. The third-order valence-electron chi connectivity index (χ3n) is 2.41. The summed E-state index contributed by atoms with van der Waals surface area (Å²) in [5.41, 5.74) is 1.28. The summed E-state index contributed by atoms with van der Waals surface area (Å²) in [6.45, 7) is 2.12. The number of aryl methyl sites for hydroxylation is 1. The van der Waals surface area contributed by atoms with Crippen LogP contribution in [0.15, 0.2) is 34.8 Å². The maximum absolute atomic E-state index is 9.64. The van der Waals surface area contributed by atoms with E-state index < -0.39 is 0 Å². The zero-order valence-electron chi connectivity index (χ0n) is 7.92. The van der Waals surface area contributed by atoms with Gasteiger partial charge in [0.15, 0.2) is 0 Å². The van der Waals surface area contributed by atoms with Crippen molar-refractivity contribution in [1.82, 2.24) is 0 Å². The zero-order valence-corrected chi connectivity index (χ0v) is 9.51. The van der Waals surface area contributed by atoms with Crippen molar-refractivity contribution in [2.75, 3.05) is 0 Å². The molecule has 14 heavy (non-hydrogen) atoms. The van der Waals surface area contributed by atoms with Gasteiger partial charge in [-0.25, -0.2) is 0 Å². The highest BCUT2D eigenvalue weighted by Gasteiger charge is 2.03. The molecule has 72 valence electrons. The highest BCUT2D eigenvalue weighted by atomic mass is 79.9. The van der Waals surface area contributed by atoms with Gasteiger partial charge in [-0.15, -0.1) is 0 Å². The molecule has 1 N–H and O–H groups in total. The van der Waals surface area contributed by atoms with Gasteiger partial charge < -0.3 is 5.11 Å². The van der Waals surface area contributed by atoms with Crippen LogP contribution >= 0.6 is 15.9 Å². The van der Waals surface area contributed by atoms with Gasteiger partial charge in [-0.1, -0.05) is 35.0 Å². The first kappa shape index (κ1) is 9.53. The van der Waals surface area contributed by atoms with Crippen molar-refractivity contribution in [1.29, 1.82) is 0 Å². The molecule has 0 aromatic heterocycles. The molecule has 2 rings (SSSR count). The smallest absolute Gasteiger partial charge is 0.123 e. The Hall–Kier alpha value is -1.02. The maximum atomic E-state index is 9.64. The predicted octanol–water partition coefficient (Wildman–Crippen LogP) is 3.87. The number of aromatic hydroxyl groups is 1. The number of hydrogen-bond acceptors (Lipinski definition) is 1. The summed E-state index contributed by atoms with van der Waals surface area (Å²) >= 11 is 3.48. The van der Waals surface area contributed by atoms with Crippen LogP contribution in [0, 0.1) is 0 Å². The molecule has 2 aromatic carbocycles. The van der Waals surface area contributed by atoms with Crippen LogP contribution in [-0.2, 0) is 6.42 Å². The maximum Gasteiger partial charge on any atom is 0.123 e. The van der Waals surface area contributed by atoms with Crippen LogP contribution in [-0.4, -0.2) is 5.11 Å². The average Bonchev–Trinajstić information content (AvgIpc) is 2.23. The Morgan fingerprint density at radius 1 is 1.14 bits per heavy atom. The Kier molecular flexibility index (Phi) is 2.46. The molecule has 0 aliphatic rings. The third-order valence-corrected chi connectivity index (χ3v) is 3.10. The lowest BCUT2D eigenvalue weighted by atomic mass is 10.1. The molecule has 0 bridgehead atoms. The summed E-state index contributed by atoms with van der Waals surface area (Å²) in [6, 6.07) is 9.71. The Morgan fingerprint density at radius 2 is 1.93 bits per heavy atom. The Bertz CT molecular complexity index is 477. The lowest BCUT2D eigenvalue weighted by molar-refractivity contribution is 0.481. The van der Waals surface area contributed by atoms with E-state index in [4.69, 9.17) is 0 Å². The highest BCUT2D eigenvalue weighted by molar-refractivity contribution is 9.10. The minimum atomic E-state index is 0.339. The van der Waals surface area contributed by atoms with E-state index in [1.54, 1.807) is 6.07 Å². The van der Waals surface area contributed by atoms with Gasteiger partial charge in [0.2, 0.25) is 0 Å². The molecule has 0 fully saturated rings. The van der Waals surface area contributed by atoms with Crippen LogP contribution in [0.25, 0.3) is 10.8 Å². The zero-order chi connectivity index (χ0) is 10.1. The fourth-order valence-corrected chi connectivity index (χ4v) is 2.02. The molecule has 2 heteroatoms. The van der Waals surface area contributed by atoms with Gasteiger partial charge in [0.25, 0.3) is 0 Å². The van der Waals surface area contributed by atoms with Crippen molar-refractivity contribution in [2.45, 2.75) is 13.3 Å². The topological polar surface area (TPSA) is 20.2 Å². The van der Waals surface area contributed by atoms with E-state index in [9.17, 15) is 5.11 Å². The molecule has 0 heterocycles. The lowest BCUT2D eigenvalue weighted by Crippen LogP contribution is -1.82. The van der Waals surface area contributed by atoms with E-state index in [1.165, 1.54) is 5.56 Å². The summed E-state index contributed by atoms with van der Waals surface area (Å²) in [5.74, 6) is 0.339. The van der Waals surface area contributed by atoms with Gasteiger partial charge in [0.05, 0.1) is 0 Å². The number of phenolic OH excluding ortho intramolecular Hbond substituents is 1. The monoisotopic (exact) mass is 250 g/mol. The number of halogens is 1. The summed E-state index contributed by atoms with van der Waals surface area (Å²) in [5, 5.41) is 11.6. The minimum absolute atomic E-state index is 0.339. The number of phenols is 1. The number of benzene rings is 2. The van der Waals surface area contributed by atoms with Crippen LogP contribution in [0.1, 0.15) is 12.5 Å². The number of rotatable bonds is 1. The minimum Gasteiger partial charge on any atom is -0.507 e. The van der Waals surface area contributed by atoms with E-state index in [0.29, 0.717) is 5.75 Å². The highest BCUT2D eigenvalue weighted by Crippen LogP contribution is 2.31. The summed E-state index contributed by atoms with van der Waals surface area (Å²) < 4.78 is 1.03. The predicted molar refractivity (Wildman–Crippen MR) is 62.7 cm³/mol. The normalized spacial score (nSPS) is 10.7. The Labute approximate surface area is 91.5 Å². The largest absolute Gasteiger partial charge is 0.507 e. The van der Waals surface area contributed by atoms with Crippen LogP contribution in [0.3, 0.4) is 0 Å². The molecule has 0 saturated carbocycles. The van der Waals surface area contributed by atoms with Crippen molar-refractivity contribution < 1.29 is 5.11 Å². The van der Waals surface area contributed by atoms with E-state index >= 15 is 0 Å². The number of hydrogen-bond donors (Lipinski definition) is 1. The molecule has 0 unspecified atom stereocenters. The first-order valence-electron chi connectivity index (χ1n) is 4.62. The van der Waals surface area contributed by atoms with E-state index in [1.807, 2.05) is 12.1 Å². The van der Waals surface area contributed by atoms with Gasteiger partial charge in [-0.05, 0) is 35.6 Å². The van der Waals surface area contributed by atoms with Crippen molar-refractivity contribution in [3.05, 3.63) is 40.4 Å². The van der Waals surface area contributed by atoms with Crippen LogP contribution in [0.5, 0.6) is 5.75 Å². The van der Waals surface area contributed by atoms with E-state index in [0.717, 1.165) is 21.7 Å². The summed E-state index contributed by atoms with van der Waals surface area (Å²) in [4.78, 5) is 0. The molecular formula is C12H11BrO. The molecule has 0 saturated heterocycles. The van der Waals surface area contributed by atoms with Crippen molar-refractivity contribution in [2.24, 2.45) is 0 Å². The van der Waals surface area contributed by atoms with Crippen molar-refractivity contribution in [3.63, 3.8) is 0 Å². The SMILES string of the molecule is CCc1ccc2c(O)ccc(Br)c2c1. The molecule has 0 atom stereocenters. The Balaban J connectivity index is 2.80. The van der Waals surface area contributed by atoms with Crippen molar-refractivity contribution >= 4 is 26.7 Å². The van der Waals surface area contributed by atoms with Crippen molar-refractivity contribution in [3.8, 4) is 5.75 Å². The molecule has 0 amide bonds. The lowest BCUT2D eigenvalue weighted by Gasteiger charge is -2.05. The molecule has 0 radical (unpaired) electrons. The van der Waals surface area contributed by atoms with Gasteiger partial charge in [-0.3, -0.25) is 0 Å². The average molecular weight is 251 g/mol.